The lowest BCUT2D eigenvalue weighted by Gasteiger charge is -2.05. The summed E-state index contributed by atoms with van der Waals surface area (Å²) < 4.78 is 30.2. The van der Waals surface area contributed by atoms with E-state index in [0.29, 0.717) is 11.3 Å². The summed E-state index contributed by atoms with van der Waals surface area (Å²) in [5.74, 6) is 0. The summed E-state index contributed by atoms with van der Waals surface area (Å²) >= 11 is 5.66. The summed E-state index contributed by atoms with van der Waals surface area (Å²) in [5, 5.41) is -0.0394. The van der Waals surface area contributed by atoms with Crippen LogP contribution >= 0.6 is 11.6 Å². The van der Waals surface area contributed by atoms with Gasteiger partial charge in [0, 0.05) is 5.69 Å². The van der Waals surface area contributed by atoms with Gasteiger partial charge in [0.15, 0.2) is 0 Å². The van der Waals surface area contributed by atoms with Crippen molar-refractivity contribution in [2.24, 2.45) is 0 Å². The third kappa shape index (κ3) is 1.93. The van der Waals surface area contributed by atoms with Gasteiger partial charge in [0.05, 0.1) is 5.02 Å². The first-order valence-electron chi connectivity index (χ1n) is 3.36. The molecule has 3 N–H and O–H groups in total. The van der Waals surface area contributed by atoms with Gasteiger partial charge in [0.25, 0.3) is 10.1 Å². The second-order valence-electron chi connectivity index (χ2n) is 2.57. The number of anilines is 1. The standard InChI is InChI=1S/C7H8ClNO3S/c1-4-5(9)2-3-6(7(4)8)13(10,11)12/h2-3H,9H2,1H3,(H,10,11,12). The molecule has 0 unspecified atom stereocenters. The zero-order valence-corrected chi connectivity index (χ0v) is 8.35. The summed E-state index contributed by atoms with van der Waals surface area (Å²) in [7, 11) is -4.26. The summed E-state index contributed by atoms with van der Waals surface area (Å²) in [6.07, 6.45) is 0. The topological polar surface area (TPSA) is 80.4 Å². The fourth-order valence-electron chi connectivity index (χ4n) is 0.874. The van der Waals surface area contributed by atoms with Crippen molar-refractivity contribution in [2.75, 3.05) is 5.73 Å². The summed E-state index contributed by atoms with van der Waals surface area (Å²) in [6.45, 7) is 1.58. The molecule has 0 bridgehead atoms. The van der Waals surface area contributed by atoms with Gasteiger partial charge in [-0.1, -0.05) is 11.6 Å². The zero-order valence-electron chi connectivity index (χ0n) is 6.78. The van der Waals surface area contributed by atoms with E-state index >= 15 is 0 Å². The second kappa shape index (κ2) is 3.17. The Morgan fingerprint density at radius 1 is 1.46 bits per heavy atom. The predicted octanol–water partition coefficient (Wildman–Crippen LogP) is 1.48. The highest BCUT2D eigenvalue weighted by molar-refractivity contribution is 7.86. The number of nitrogen functional groups attached to an aromatic ring is 1. The van der Waals surface area contributed by atoms with Crippen LogP contribution in [0.15, 0.2) is 17.0 Å². The molecule has 13 heavy (non-hydrogen) atoms. The quantitative estimate of drug-likeness (QED) is 0.556. The highest BCUT2D eigenvalue weighted by Gasteiger charge is 2.16. The van der Waals surface area contributed by atoms with Crippen molar-refractivity contribution in [1.82, 2.24) is 0 Å². The molecule has 0 radical (unpaired) electrons. The Labute approximate surface area is 81.1 Å². The van der Waals surface area contributed by atoms with Gasteiger partial charge < -0.3 is 5.73 Å². The van der Waals surface area contributed by atoms with Gasteiger partial charge in [-0.25, -0.2) is 0 Å². The van der Waals surface area contributed by atoms with E-state index in [1.165, 1.54) is 12.1 Å². The van der Waals surface area contributed by atoms with E-state index in [4.69, 9.17) is 21.9 Å². The minimum atomic E-state index is -4.26. The maximum atomic E-state index is 10.7. The van der Waals surface area contributed by atoms with E-state index in [2.05, 4.69) is 0 Å². The van der Waals surface area contributed by atoms with Crippen LogP contribution in [-0.4, -0.2) is 13.0 Å². The average molecular weight is 222 g/mol. The molecule has 0 aliphatic rings. The molecule has 0 atom stereocenters. The molecule has 0 fully saturated rings. The molecule has 1 aromatic rings. The molecule has 0 spiro atoms. The molecule has 72 valence electrons. The van der Waals surface area contributed by atoms with E-state index in [1.54, 1.807) is 6.92 Å². The van der Waals surface area contributed by atoms with E-state index < -0.39 is 10.1 Å². The number of benzene rings is 1. The third-order valence-electron chi connectivity index (χ3n) is 1.67. The fourth-order valence-corrected chi connectivity index (χ4v) is 1.96. The van der Waals surface area contributed by atoms with Crippen LogP contribution in [0.2, 0.25) is 5.02 Å². The highest BCUT2D eigenvalue weighted by atomic mass is 35.5. The summed E-state index contributed by atoms with van der Waals surface area (Å²) in [4.78, 5) is -0.319. The lowest BCUT2D eigenvalue weighted by molar-refractivity contribution is 0.483. The van der Waals surface area contributed by atoms with E-state index in [1.807, 2.05) is 0 Å². The lowest BCUT2D eigenvalue weighted by atomic mass is 10.2. The van der Waals surface area contributed by atoms with Gasteiger partial charge in [-0.05, 0) is 24.6 Å². The maximum Gasteiger partial charge on any atom is 0.296 e. The van der Waals surface area contributed by atoms with Crippen LogP contribution in [0.1, 0.15) is 5.56 Å². The Morgan fingerprint density at radius 3 is 2.46 bits per heavy atom. The Balaban J connectivity index is 3.53. The van der Waals surface area contributed by atoms with Crippen molar-refractivity contribution < 1.29 is 13.0 Å². The SMILES string of the molecule is Cc1c(N)ccc(S(=O)(=O)O)c1Cl. The molecule has 4 nitrogen and oxygen atoms in total. The van der Waals surface area contributed by atoms with Gasteiger partial charge >= 0.3 is 0 Å². The van der Waals surface area contributed by atoms with Crippen molar-refractivity contribution in [3.05, 3.63) is 22.7 Å². The molecule has 0 aliphatic heterocycles. The second-order valence-corrected chi connectivity index (χ2v) is 4.33. The van der Waals surface area contributed by atoms with Crippen LogP contribution in [0, 0.1) is 6.92 Å². The Morgan fingerprint density at radius 2 is 2.00 bits per heavy atom. The average Bonchev–Trinajstić information content (AvgIpc) is 1.98. The van der Waals surface area contributed by atoms with Crippen LogP contribution < -0.4 is 5.73 Å². The molecule has 1 aromatic carbocycles. The molecule has 0 aromatic heterocycles. The van der Waals surface area contributed by atoms with Crippen molar-refractivity contribution in [3.8, 4) is 0 Å². The third-order valence-corrected chi connectivity index (χ3v) is 3.17. The fraction of sp³-hybridized carbons (Fsp3) is 0.143. The van der Waals surface area contributed by atoms with Gasteiger partial charge in [0.2, 0.25) is 0 Å². The number of nitrogens with two attached hydrogens (primary N) is 1. The van der Waals surface area contributed by atoms with Crippen LogP contribution in [-0.2, 0) is 10.1 Å². The maximum absolute atomic E-state index is 10.7. The van der Waals surface area contributed by atoms with Gasteiger partial charge in [-0.3, -0.25) is 4.55 Å². The van der Waals surface area contributed by atoms with Crippen molar-refractivity contribution in [2.45, 2.75) is 11.8 Å². The molecule has 0 saturated carbocycles. The van der Waals surface area contributed by atoms with Gasteiger partial charge in [0.1, 0.15) is 4.90 Å². The Hall–Kier alpha value is -0.780. The first-order valence-corrected chi connectivity index (χ1v) is 5.18. The predicted molar refractivity (Wildman–Crippen MR) is 50.4 cm³/mol. The number of halogens is 1. The first kappa shape index (κ1) is 10.3. The van der Waals surface area contributed by atoms with Crippen molar-refractivity contribution in [1.29, 1.82) is 0 Å². The summed E-state index contributed by atoms with van der Waals surface area (Å²) in [6, 6.07) is 2.55. The number of hydrogen-bond donors (Lipinski definition) is 2. The first-order chi connectivity index (χ1) is 5.84. The minimum absolute atomic E-state index is 0.0394. The van der Waals surface area contributed by atoms with E-state index in [9.17, 15) is 8.42 Å². The van der Waals surface area contributed by atoms with Crippen LogP contribution in [0.3, 0.4) is 0 Å². The highest BCUT2D eigenvalue weighted by Crippen LogP contribution is 2.28. The van der Waals surface area contributed by atoms with Crippen LogP contribution in [0.4, 0.5) is 5.69 Å². The molecule has 0 heterocycles. The van der Waals surface area contributed by atoms with E-state index in [-0.39, 0.29) is 9.92 Å². The van der Waals surface area contributed by atoms with Crippen molar-refractivity contribution in [3.63, 3.8) is 0 Å². The van der Waals surface area contributed by atoms with Gasteiger partial charge in [-0.2, -0.15) is 8.42 Å². The van der Waals surface area contributed by atoms with Gasteiger partial charge in [-0.15, -0.1) is 0 Å². The molecule has 0 amide bonds. The number of rotatable bonds is 1. The summed E-state index contributed by atoms with van der Waals surface area (Å²) in [5.41, 5.74) is 6.30. The van der Waals surface area contributed by atoms with Crippen molar-refractivity contribution >= 4 is 27.4 Å². The molecule has 6 heteroatoms. The molecule has 1 rings (SSSR count). The normalized spacial score (nSPS) is 11.6. The largest absolute Gasteiger partial charge is 0.398 e. The number of hydrogen-bond acceptors (Lipinski definition) is 3. The Bertz CT molecular complexity index is 441. The minimum Gasteiger partial charge on any atom is -0.398 e. The monoisotopic (exact) mass is 221 g/mol. The van der Waals surface area contributed by atoms with Crippen LogP contribution in [0.5, 0.6) is 0 Å². The zero-order chi connectivity index (χ0) is 10.2. The smallest absolute Gasteiger partial charge is 0.296 e. The lowest BCUT2D eigenvalue weighted by Crippen LogP contribution is -2.01. The molecular weight excluding hydrogens is 214 g/mol. The van der Waals surface area contributed by atoms with Crippen LogP contribution in [0.25, 0.3) is 0 Å². The molecule has 0 aliphatic carbocycles. The molecular formula is C7H8ClNO3S. The van der Waals surface area contributed by atoms with E-state index in [0.717, 1.165) is 0 Å². The Kier molecular flexibility index (Phi) is 2.51. The molecule has 0 saturated heterocycles.